The Bertz CT molecular complexity index is 2580. The number of carbonyl (C=O) groups excluding carboxylic acids is 1. The van der Waals surface area contributed by atoms with Gasteiger partial charge in [0.15, 0.2) is 5.82 Å². The molecule has 0 spiro atoms. The van der Waals surface area contributed by atoms with Gasteiger partial charge in [0, 0.05) is 48.8 Å². The number of benzene rings is 2. The zero-order chi connectivity index (χ0) is 43.9. The molecular weight excluding hydrogens is 845 g/mol. The van der Waals surface area contributed by atoms with E-state index in [1.54, 1.807) is 25.1 Å². The Morgan fingerprint density at radius 1 is 1.17 bits per heavy atom. The largest absolute Gasteiger partial charge is 0.431 e. The molecule has 1 saturated heterocycles. The molecule has 3 atom stereocenters. The fourth-order valence-corrected chi connectivity index (χ4v) is 7.77. The number of nitrogens with zero attached hydrogens (tertiary/aromatic N) is 4. The number of anilines is 1. The summed E-state index contributed by atoms with van der Waals surface area (Å²) in [5, 5.41) is 10.4. The predicted octanol–water partition coefficient (Wildman–Crippen LogP) is 5.96. The fraction of sp³-hybridized carbons (Fsp3) is 0.385. The molecule has 60 heavy (non-hydrogen) atoms. The number of morpholine rings is 1. The number of fused-ring (bicyclic) bond motifs is 1. The van der Waals surface area contributed by atoms with Gasteiger partial charge in [-0.05, 0) is 61.6 Å². The second kappa shape index (κ2) is 16.7. The van der Waals surface area contributed by atoms with Gasteiger partial charge >= 0.3 is 6.18 Å². The van der Waals surface area contributed by atoms with Crippen LogP contribution >= 0.6 is 11.6 Å². The summed E-state index contributed by atoms with van der Waals surface area (Å²) in [7, 11) is -2.33. The standard InChI is InChI=1S/C39H38ClF7N8O4S/c1-20-13-27(34(48)39(45,46)47)35(38(20,43)44)50-18-30(56)52-29(16-21-14-22(41)17-23(42)15-21)32-25(6-5-24(51-32)9-10-37(2)19-49-11-12-59-37)26-7-8-28(40)31-33(26)55(3)53-36(31)54-60(4,57)58/h5-8,14-15,17,20,29,49H,11-13,16,18-19,48H2,1-4H3,(H,52,56)(H,53,54)/t20-,29+,37?/m1/s1. The molecular formula is C39H38ClF7N8O4S. The van der Waals surface area contributed by atoms with Crippen LogP contribution in [0.25, 0.3) is 22.0 Å². The van der Waals surface area contributed by atoms with Crippen molar-refractivity contribution >= 4 is 50.0 Å². The molecule has 0 bridgehead atoms. The molecule has 6 rings (SSSR count). The monoisotopic (exact) mass is 882 g/mol. The molecule has 2 aliphatic rings. The Morgan fingerprint density at radius 3 is 2.48 bits per heavy atom. The Labute approximate surface area is 344 Å². The van der Waals surface area contributed by atoms with Crippen molar-refractivity contribution in [2.24, 2.45) is 23.7 Å². The number of hydrogen-bond acceptors (Lipinski definition) is 9. The van der Waals surface area contributed by atoms with Crippen molar-refractivity contribution in [2.45, 2.75) is 50.4 Å². The van der Waals surface area contributed by atoms with E-state index in [2.05, 4.69) is 37.3 Å². The number of amides is 1. The van der Waals surface area contributed by atoms with Crippen molar-refractivity contribution in [2.75, 3.05) is 37.2 Å². The van der Waals surface area contributed by atoms with Crippen LogP contribution in [-0.4, -0.2) is 85.0 Å². The molecule has 1 amide bonds. The number of nitrogens with two attached hydrogens (primary N) is 1. The highest BCUT2D eigenvalue weighted by molar-refractivity contribution is 7.92. The van der Waals surface area contributed by atoms with Crippen LogP contribution in [0.2, 0.25) is 5.02 Å². The predicted molar refractivity (Wildman–Crippen MR) is 211 cm³/mol. The molecule has 21 heteroatoms. The topological polar surface area (TPSA) is 166 Å². The lowest BCUT2D eigenvalue weighted by Gasteiger charge is -2.29. The van der Waals surface area contributed by atoms with E-state index < -0.39 is 87.2 Å². The number of rotatable bonds is 9. The Balaban J connectivity index is 1.53. The van der Waals surface area contributed by atoms with Gasteiger partial charge in [-0.2, -0.15) is 27.1 Å². The van der Waals surface area contributed by atoms with Gasteiger partial charge in [-0.1, -0.05) is 30.5 Å². The number of pyridine rings is 1. The van der Waals surface area contributed by atoms with Crippen molar-refractivity contribution < 1.29 is 48.7 Å². The highest BCUT2D eigenvalue weighted by Crippen LogP contribution is 2.44. The number of nitrogens with one attached hydrogen (secondary N) is 3. The van der Waals surface area contributed by atoms with Gasteiger partial charge in [0.25, 0.3) is 5.92 Å². The van der Waals surface area contributed by atoms with E-state index in [9.17, 15) is 35.2 Å². The van der Waals surface area contributed by atoms with Gasteiger partial charge < -0.3 is 21.1 Å². The van der Waals surface area contributed by atoms with E-state index in [1.807, 2.05) is 0 Å². The molecule has 1 saturated carbocycles. The summed E-state index contributed by atoms with van der Waals surface area (Å²) in [6.45, 7) is 3.05. The first-order valence-corrected chi connectivity index (χ1v) is 20.5. The number of hydrogen-bond donors (Lipinski definition) is 4. The molecule has 1 unspecified atom stereocenters. The highest BCUT2D eigenvalue weighted by atomic mass is 35.5. The first kappa shape index (κ1) is 44.3. The molecule has 0 radical (unpaired) electrons. The van der Waals surface area contributed by atoms with E-state index in [-0.39, 0.29) is 50.7 Å². The average Bonchev–Trinajstić information content (AvgIpc) is 3.58. The summed E-state index contributed by atoms with van der Waals surface area (Å²) >= 11 is 6.59. The Morgan fingerprint density at radius 2 is 1.85 bits per heavy atom. The minimum absolute atomic E-state index is 0.0169. The van der Waals surface area contributed by atoms with Gasteiger partial charge in [0.2, 0.25) is 15.9 Å². The third-order valence-corrected chi connectivity index (χ3v) is 10.7. The van der Waals surface area contributed by atoms with Crippen LogP contribution in [0.1, 0.15) is 43.3 Å². The average molecular weight is 883 g/mol. The smallest absolute Gasteiger partial charge is 0.394 e. The summed E-state index contributed by atoms with van der Waals surface area (Å²) in [6.07, 6.45) is -5.36. The van der Waals surface area contributed by atoms with E-state index in [0.29, 0.717) is 31.3 Å². The van der Waals surface area contributed by atoms with Gasteiger partial charge in [0.1, 0.15) is 40.9 Å². The molecule has 12 nitrogen and oxygen atoms in total. The van der Waals surface area contributed by atoms with Crippen molar-refractivity contribution in [3.05, 3.63) is 87.3 Å². The summed E-state index contributed by atoms with van der Waals surface area (Å²) in [5.41, 5.74) is 1.41. The first-order chi connectivity index (χ1) is 28.0. The molecule has 320 valence electrons. The van der Waals surface area contributed by atoms with Crippen LogP contribution in [0, 0.1) is 29.4 Å². The number of ether oxygens (including phenoxy) is 1. The van der Waals surface area contributed by atoms with Crippen LogP contribution in [-0.2, 0) is 33.0 Å². The van der Waals surface area contributed by atoms with Crippen LogP contribution in [0.15, 0.2) is 58.7 Å². The molecule has 2 aromatic carbocycles. The lowest BCUT2D eigenvalue weighted by Crippen LogP contribution is -2.46. The van der Waals surface area contributed by atoms with Crippen LogP contribution in [0.3, 0.4) is 0 Å². The highest BCUT2D eigenvalue weighted by Gasteiger charge is 2.53. The summed E-state index contributed by atoms with van der Waals surface area (Å²) < 4.78 is 135. The molecule has 5 N–H and O–H groups in total. The number of alkyl halides is 5. The maximum Gasteiger partial charge on any atom is 0.431 e. The van der Waals surface area contributed by atoms with Crippen molar-refractivity contribution in [3.8, 4) is 23.0 Å². The third-order valence-electron chi connectivity index (χ3n) is 9.82. The van der Waals surface area contributed by atoms with Crippen LogP contribution in [0.4, 0.5) is 36.6 Å². The molecule has 2 fully saturated rings. The number of aromatic nitrogens is 3. The minimum Gasteiger partial charge on any atom is -0.394 e. The van der Waals surface area contributed by atoms with Gasteiger partial charge in [-0.15, -0.1) is 0 Å². The van der Waals surface area contributed by atoms with Gasteiger partial charge in [-0.3, -0.25) is 19.2 Å². The summed E-state index contributed by atoms with van der Waals surface area (Å²) in [4.78, 5) is 22.2. The van der Waals surface area contributed by atoms with Gasteiger partial charge in [0.05, 0.1) is 40.5 Å². The van der Waals surface area contributed by atoms with Crippen molar-refractivity contribution in [3.63, 3.8) is 0 Å². The molecule has 2 aromatic heterocycles. The molecule has 1 aliphatic carbocycles. The van der Waals surface area contributed by atoms with E-state index in [4.69, 9.17) is 27.1 Å². The van der Waals surface area contributed by atoms with E-state index >= 15 is 8.78 Å². The second-order valence-corrected chi connectivity index (χ2v) is 16.8. The first-order valence-electron chi connectivity index (χ1n) is 18.2. The lowest BCUT2D eigenvalue weighted by atomic mass is 9.93. The number of allylic oxidation sites excluding steroid dienone is 2. The SMILES string of the molecule is C[C@@H]1CC(=C(N)C(F)(F)F)C(=NCC(=O)N[C@@H](Cc2cc(F)cc(F)c2)c2nc(C#CC3(C)CNCCO3)ccc2-c2ccc(Cl)c3c(NS(C)(=O)=O)nn(C)c23)C1(F)F. The van der Waals surface area contributed by atoms with Crippen molar-refractivity contribution in [1.82, 2.24) is 25.4 Å². The van der Waals surface area contributed by atoms with Gasteiger partial charge in [-0.25, -0.2) is 22.2 Å². The van der Waals surface area contributed by atoms with E-state index in [1.165, 1.54) is 17.8 Å². The Hall–Kier alpha value is -5.23. The maximum atomic E-state index is 15.3. The fourth-order valence-electron chi connectivity index (χ4n) is 7.03. The maximum absolute atomic E-state index is 15.3. The number of aliphatic imine (C=N–C) groups is 1. The summed E-state index contributed by atoms with van der Waals surface area (Å²) in [6, 6.07) is 7.44. The molecule has 1 aliphatic heterocycles. The number of carbonyl (C=O) groups is 1. The zero-order valence-electron chi connectivity index (χ0n) is 32.4. The number of sulfonamides is 1. The lowest BCUT2D eigenvalue weighted by molar-refractivity contribution is -0.120. The summed E-state index contributed by atoms with van der Waals surface area (Å²) in [5.74, 6) is -2.57. The number of aryl methyl sites for hydroxylation is 1. The quantitative estimate of drug-likeness (QED) is 0.118. The van der Waals surface area contributed by atoms with Crippen molar-refractivity contribution in [1.29, 1.82) is 0 Å². The minimum atomic E-state index is -5.15. The normalized spacial score (nSPS) is 21.4. The number of halogens is 8. The zero-order valence-corrected chi connectivity index (χ0v) is 33.9. The molecule has 3 heterocycles. The van der Waals surface area contributed by atoms with Crippen LogP contribution in [0.5, 0.6) is 0 Å². The second-order valence-electron chi connectivity index (χ2n) is 14.7. The Kier molecular flexibility index (Phi) is 12.3. The van der Waals surface area contributed by atoms with E-state index in [0.717, 1.165) is 25.3 Å². The molecule has 4 aromatic rings. The third kappa shape index (κ3) is 9.70. The van der Waals surface area contributed by atoms with Crippen LogP contribution < -0.4 is 21.1 Å².